The van der Waals surface area contributed by atoms with Gasteiger partial charge in [0.2, 0.25) is 5.95 Å². The second kappa shape index (κ2) is 9.78. The van der Waals surface area contributed by atoms with Gasteiger partial charge >= 0.3 is 0 Å². The normalized spacial score (nSPS) is 12.0. The van der Waals surface area contributed by atoms with Crippen molar-refractivity contribution < 1.29 is 4.79 Å². The predicted octanol–water partition coefficient (Wildman–Crippen LogP) is 4.10. The molecular formula is C23H25N7OS. The van der Waals surface area contributed by atoms with Crippen molar-refractivity contribution in [1.82, 2.24) is 29.9 Å². The molecule has 2 N–H and O–H groups in total. The molecule has 0 aliphatic heterocycles. The summed E-state index contributed by atoms with van der Waals surface area (Å²) in [5, 5.41) is 14.9. The van der Waals surface area contributed by atoms with E-state index in [0.717, 1.165) is 40.7 Å². The number of anilines is 2. The molecule has 1 amide bonds. The van der Waals surface area contributed by atoms with E-state index < -0.39 is 0 Å². The highest BCUT2D eigenvalue weighted by molar-refractivity contribution is 7.98. The van der Waals surface area contributed by atoms with Gasteiger partial charge in [-0.05, 0) is 74.7 Å². The average molecular weight is 448 g/mol. The summed E-state index contributed by atoms with van der Waals surface area (Å²) >= 11 is 1.73. The molecule has 32 heavy (non-hydrogen) atoms. The van der Waals surface area contributed by atoms with Gasteiger partial charge in [-0.25, -0.2) is 9.97 Å². The number of fused-ring (bicyclic) bond motifs is 1. The lowest BCUT2D eigenvalue weighted by atomic mass is 10.1. The highest BCUT2D eigenvalue weighted by Gasteiger charge is 2.21. The summed E-state index contributed by atoms with van der Waals surface area (Å²) in [5.74, 6) is 2.01. The molecule has 1 atom stereocenters. The minimum atomic E-state index is -0.242. The third kappa shape index (κ3) is 5.05. The number of benzene rings is 1. The minimum Gasteiger partial charge on any atom is -0.342 e. The molecule has 8 nitrogen and oxygen atoms in total. The topological polar surface area (TPSA) is 97.1 Å². The lowest BCUT2D eigenvalue weighted by molar-refractivity contribution is 0.0934. The zero-order valence-electron chi connectivity index (χ0n) is 18.2. The molecule has 0 bridgehead atoms. The molecule has 4 aromatic rings. The van der Waals surface area contributed by atoms with Gasteiger partial charge in [-0.1, -0.05) is 6.07 Å². The maximum Gasteiger partial charge on any atom is 0.251 e. The third-order valence-electron chi connectivity index (χ3n) is 4.95. The number of pyridine rings is 1. The zero-order chi connectivity index (χ0) is 22.5. The fourth-order valence-corrected chi connectivity index (χ4v) is 3.93. The Hall–Kier alpha value is -3.46. The Bertz CT molecular complexity index is 1200. The van der Waals surface area contributed by atoms with Gasteiger partial charge in [0.05, 0.1) is 6.04 Å². The van der Waals surface area contributed by atoms with Crippen molar-refractivity contribution in [2.75, 3.05) is 17.3 Å². The second-order valence-electron chi connectivity index (χ2n) is 7.47. The Morgan fingerprint density at radius 3 is 2.53 bits per heavy atom. The SMILES string of the molecule is CSCCC(NC(=O)c1ccc(Nc2nc(C)cc(C)n2)cc1)c1nnc2ccccn12. The van der Waals surface area contributed by atoms with Crippen molar-refractivity contribution in [3.8, 4) is 0 Å². The number of carbonyl (C=O) groups excluding carboxylic acids is 1. The Morgan fingerprint density at radius 2 is 1.81 bits per heavy atom. The summed E-state index contributed by atoms with van der Waals surface area (Å²) in [5.41, 5.74) is 3.94. The molecule has 0 aliphatic rings. The summed E-state index contributed by atoms with van der Waals surface area (Å²) in [4.78, 5) is 21.8. The van der Waals surface area contributed by atoms with Gasteiger partial charge in [0, 0.05) is 28.8 Å². The first-order chi connectivity index (χ1) is 15.5. The molecular weight excluding hydrogens is 422 g/mol. The number of aromatic nitrogens is 5. The first-order valence-electron chi connectivity index (χ1n) is 10.3. The molecule has 0 spiro atoms. The Kier molecular flexibility index (Phi) is 6.65. The van der Waals surface area contributed by atoms with E-state index in [4.69, 9.17) is 0 Å². The molecule has 1 aromatic carbocycles. The maximum atomic E-state index is 13.0. The van der Waals surface area contributed by atoms with E-state index in [1.807, 2.05) is 67.1 Å². The van der Waals surface area contributed by atoms with Gasteiger partial charge in [-0.3, -0.25) is 9.20 Å². The van der Waals surface area contributed by atoms with Crippen LogP contribution in [0, 0.1) is 13.8 Å². The Labute approximate surface area is 190 Å². The highest BCUT2D eigenvalue weighted by Crippen LogP contribution is 2.20. The number of hydrogen-bond acceptors (Lipinski definition) is 7. The summed E-state index contributed by atoms with van der Waals surface area (Å²) in [7, 11) is 0. The van der Waals surface area contributed by atoms with E-state index in [1.54, 1.807) is 23.9 Å². The molecule has 0 fully saturated rings. The molecule has 9 heteroatoms. The predicted molar refractivity (Wildman–Crippen MR) is 127 cm³/mol. The van der Waals surface area contributed by atoms with Gasteiger partial charge in [0.25, 0.3) is 5.91 Å². The van der Waals surface area contributed by atoms with Crippen molar-refractivity contribution in [3.63, 3.8) is 0 Å². The molecule has 0 saturated carbocycles. The lowest BCUT2D eigenvalue weighted by Crippen LogP contribution is -2.30. The van der Waals surface area contributed by atoms with Crippen LogP contribution in [0.2, 0.25) is 0 Å². The first kappa shape index (κ1) is 21.8. The summed E-state index contributed by atoms with van der Waals surface area (Å²) < 4.78 is 1.92. The Balaban J connectivity index is 1.49. The third-order valence-corrected chi connectivity index (χ3v) is 5.60. The lowest BCUT2D eigenvalue weighted by Gasteiger charge is -2.17. The van der Waals surface area contributed by atoms with Crippen molar-refractivity contribution in [2.24, 2.45) is 0 Å². The van der Waals surface area contributed by atoms with Crippen molar-refractivity contribution in [3.05, 3.63) is 77.5 Å². The number of carbonyl (C=O) groups is 1. The standard InChI is InChI=1S/C23H25N7OS/c1-15-14-16(2)25-23(24-15)26-18-9-7-17(8-10-18)22(31)27-19(11-13-32-3)21-29-28-20-6-4-5-12-30(20)21/h4-10,12,14,19H,11,13H2,1-3H3,(H,27,31)(H,24,25,26). The number of rotatable bonds is 8. The smallest absolute Gasteiger partial charge is 0.251 e. The maximum absolute atomic E-state index is 13.0. The highest BCUT2D eigenvalue weighted by atomic mass is 32.2. The van der Waals surface area contributed by atoms with E-state index in [9.17, 15) is 4.79 Å². The molecule has 1 unspecified atom stereocenters. The first-order valence-corrected chi connectivity index (χ1v) is 11.7. The van der Waals surface area contributed by atoms with Crippen LogP contribution in [0.3, 0.4) is 0 Å². The number of nitrogens with one attached hydrogen (secondary N) is 2. The zero-order valence-corrected chi connectivity index (χ0v) is 19.1. The van der Waals surface area contributed by atoms with Crippen LogP contribution in [-0.4, -0.2) is 42.5 Å². The van der Waals surface area contributed by atoms with Crippen LogP contribution in [0.25, 0.3) is 5.65 Å². The quantitative estimate of drug-likeness (QED) is 0.420. The van der Waals surface area contributed by atoms with E-state index in [-0.39, 0.29) is 11.9 Å². The van der Waals surface area contributed by atoms with Gasteiger partial charge in [0.15, 0.2) is 11.5 Å². The van der Waals surface area contributed by atoms with Crippen molar-refractivity contribution >= 4 is 35.0 Å². The fraction of sp³-hybridized carbons (Fsp3) is 0.261. The van der Waals surface area contributed by atoms with Crippen LogP contribution < -0.4 is 10.6 Å². The van der Waals surface area contributed by atoms with E-state index in [2.05, 4.69) is 30.8 Å². The summed E-state index contributed by atoms with van der Waals surface area (Å²) in [6.45, 7) is 3.86. The van der Waals surface area contributed by atoms with Crippen molar-refractivity contribution in [2.45, 2.75) is 26.3 Å². The molecule has 0 saturated heterocycles. The second-order valence-corrected chi connectivity index (χ2v) is 8.46. The van der Waals surface area contributed by atoms with E-state index >= 15 is 0 Å². The summed E-state index contributed by atoms with van der Waals surface area (Å²) in [6.07, 6.45) is 4.72. The van der Waals surface area contributed by atoms with Gasteiger partial charge in [0.1, 0.15) is 0 Å². The Morgan fingerprint density at radius 1 is 1.06 bits per heavy atom. The molecule has 4 rings (SSSR count). The largest absolute Gasteiger partial charge is 0.342 e. The van der Waals surface area contributed by atoms with Crippen LogP contribution >= 0.6 is 11.8 Å². The van der Waals surface area contributed by atoms with Crippen LogP contribution in [0.5, 0.6) is 0 Å². The van der Waals surface area contributed by atoms with E-state index in [0.29, 0.717) is 11.5 Å². The van der Waals surface area contributed by atoms with Crippen LogP contribution in [0.15, 0.2) is 54.7 Å². The van der Waals surface area contributed by atoms with Crippen molar-refractivity contribution in [1.29, 1.82) is 0 Å². The monoisotopic (exact) mass is 447 g/mol. The molecule has 0 aliphatic carbocycles. The summed E-state index contributed by atoms with van der Waals surface area (Å²) in [6, 6.07) is 14.7. The van der Waals surface area contributed by atoms with Crippen LogP contribution in [0.1, 0.15) is 40.0 Å². The number of nitrogens with zero attached hydrogens (tertiary/aromatic N) is 5. The van der Waals surface area contributed by atoms with Crippen LogP contribution in [-0.2, 0) is 0 Å². The number of thioether (sulfide) groups is 1. The number of amides is 1. The van der Waals surface area contributed by atoms with Crippen LogP contribution in [0.4, 0.5) is 11.6 Å². The van der Waals surface area contributed by atoms with Gasteiger partial charge in [-0.2, -0.15) is 11.8 Å². The minimum absolute atomic E-state index is 0.155. The van der Waals surface area contributed by atoms with Gasteiger partial charge in [-0.15, -0.1) is 10.2 Å². The van der Waals surface area contributed by atoms with E-state index in [1.165, 1.54) is 0 Å². The van der Waals surface area contributed by atoms with Gasteiger partial charge < -0.3 is 10.6 Å². The fourth-order valence-electron chi connectivity index (χ4n) is 3.46. The number of aryl methyl sites for hydroxylation is 2. The average Bonchev–Trinajstić information content (AvgIpc) is 3.20. The molecule has 0 radical (unpaired) electrons. The number of hydrogen-bond donors (Lipinski definition) is 2. The molecule has 3 heterocycles. The molecule has 3 aromatic heterocycles. The molecule has 164 valence electrons.